The summed E-state index contributed by atoms with van der Waals surface area (Å²) in [5.41, 5.74) is 9.51. The molecule has 34 heavy (non-hydrogen) atoms. The summed E-state index contributed by atoms with van der Waals surface area (Å²) >= 11 is 0. The van der Waals surface area contributed by atoms with Crippen LogP contribution in [0.2, 0.25) is 0 Å². The summed E-state index contributed by atoms with van der Waals surface area (Å²) in [4.78, 5) is 10.5. The molecule has 4 aromatic rings. The minimum atomic E-state index is -2.25. The molecule has 1 aliphatic heterocycles. The van der Waals surface area contributed by atoms with Crippen LogP contribution in [-0.4, -0.2) is 58.3 Å². The molecule has 3 aromatic heterocycles. The molecule has 8 heteroatoms. The number of fused-ring (bicyclic) bond motifs is 2. The first-order valence-corrected chi connectivity index (χ1v) is 13.5. The number of pyridine rings is 1. The van der Waals surface area contributed by atoms with Crippen LogP contribution in [0.3, 0.4) is 0 Å². The highest BCUT2D eigenvalue weighted by molar-refractivity contribution is 7.72. The zero-order valence-electron chi connectivity index (χ0n) is 20.3. The van der Waals surface area contributed by atoms with Crippen molar-refractivity contribution in [2.45, 2.75) is 46.5 Å². The molecular formula is C26H33N5O2S. The number of nitrogens with one attached hydrogen (secondary N) is 1. The molecule has 0 bridgehead atoms. The second-order valence-electron chi connectivity index (χ2n) is 10.0. The predicted molar refractivity (Wildman–Crippen MR) is 137 cm³/mol. The van der Waals surface area contributed by atoms with Crippen LogP contribution in [0.25, 0.3) is 27.8 Å². The van der Waals surface area contributed by atoms with E-state index < -0.39 is 10.7 Å². The van der Waals surface area contributed by atoms with Crippen molar-refractivity contribution in [3.05, 3.63) is 53.0 Å². The Morgan fingerprint density at radius 1 is 1.18 bits per heavy atom. The lowest BCUT2D eigenvalue weighted by atomic mass is 9.90. The van der Waals surface area contributed by atoms with E-state index in [1.54, 1.807) is 6.33 Å². The quantitative estimate of drug-likeness (QED) is 0.372. The average molecular weight is 480 g/mol. The summed E-state index contributed by atoms with van der Waals surface area (Å²) in [6.45, 7) is 11.8. The molecule has 180 valence electrons. The number of nitrogens with zero attached hydrogens (tertiary/aromatic N) is 4. The van der Waals surface area contributed by atoms with Crippen LogP contribution in [0, 0.1) is 19.8 Å². The van der Waals surface area contributed by atoms with Gasteiger partial charge in [0.1, 0.15) is 17.0 Å². The zero-order valence-corrected chi connectivity index (χ0v) is 21.2. The molecule has 1 aromatic carbocycles. The first-order valence-electron chi connectivity index (χ1n) is 12.1. The monoisotopic (exact) mass is 479 g/mol. The lowest BCUT2D eigenvalue weighted by Crippen LogP contribution is -2.47. The van der Waals surface area contributed by atoms with Gasteiger partial charge >= 0.3 is 0 Å². The van der Waals surface area contributed by atoms with Crippen LogP contribution in [0.5, 0.6) is 0 Å². The van der Waals surface area contributed by atoms with E-state index in [0.29, 0.717) is 17.6 Å². The second kappa shape index (κ2) is 9.15. The fourth-order valence-electron chi connectivity index (χ4n) is 5.40. The highest BCUT2D eigenvalue weighted by Gasteiger charge is 2.27. The second-order valence-corrected chi connectivity index (χ2v) is 11.1. The van der Waals surface area contributed by atoms with E-state index in [1.807, 2.05) is 4.52 Å². The molecule has 1 aliphatic rings. The number of hydrogen-bond donors (Lipinski definition) is 2. The summed E-state index contributed by atoms with van der Waals surface area (Å²) in [5.74, 6) is 1.31. The van der Waals surface area contributed by atoms with E-state index >= 15 is 0 Å². The number of hydrogen-bond acceptors (Lipinski definition) is 5. The number of aryl methyl sites for hydroxylation is 1. The van der Waals surface area contributed by atoms with E-state index in [9.17, 15) is 8.42 Å². The Hall–Kier alpha value is -2.71. The Morgan fingerprint density at radius 2 is 1.97 bits per heavy atom. The molecule has 1 fully saturated rings. The van der Waals surface area contributed by atoms with Crippen molar-refractivity contribution < 1.29 is 8.42 Å². The number of rotatable bonds is 8. The fourth-order valence-corrected chi connectivity index (χ4v) is 5.80. The molecule has 0 spiro atoms. The van der Waals surface area contributed by atoms with Crippen molar-refractivity contribution in [3.8, 4) is 11.3 Å². The Balaban J connectivity index is 1.42. The Kier molecular flexibility index (Phi) is 6.20. The molecule has 0 radical (unpaired) electrons. The zero-order chi connectivity index (χ0) is 24.0. The topological polar surface area (TPSA) is 83.4 Å². The van der Waals surface area contributed by atoms with Gasteiger partial charge in [-0.15, -0.1) is 0 Å². The van der Waals surface area contributed by atoms with Crippen LogP contribution < -0.4 is 0 Å². The Morgan fingerprint density at radius 3 is 2.71 bits per heavy atom. The third-order valence-corrected chi connectivity index (χ3v) is 7.93. The van der Waals surface area contributed by atoms with Crippen LogP contribution in [0.15, 0.2) is 30.7 Å². The number of aromatic nitrogens is 4. The van der Waals surface area contributed by atoms with Crippen LogP contribution in [0.1, 0.15) is 48.4 Å². The molecule has 4 heterocycles. The number of H-pyrrole nitrogens is 1. The van der Waals surface area contributed by atoms with Gasteiger partial charge in [0, 0.05) is 41.5 Å². The largest absolute Gasteiger partial charge is 0.354 e. The van der Waals surface area contributed by atoms with Gasteiger partial charge in [0.05, 0.1) is 5.69 Å². The molecular weight excluding hydrogens is 446 g/mol. The summed E-state index contributed by atoms with van der Waals surface area (Å²) in [5, 5.41) is 5.69. The van der Waals surface area contributed by atoms with Crippen molar-refractivity contribution in [2.75, 3.05) is 25.4 Å². The highest BCUT2D eigenvalue weighted by atomic mass is 32.2. The van der Waals surface area contributed by atoms with Gasteiger partial charge in [-0.3, -0.25) is 0 Å². The lowest BCUT2D eigenvalue weighted by Gasteiger charge is -2.39. The van der Waals surface area contributed by atoms with E-state index in [4.69, 9.17) is 0 Å². The first kappa shape index (κ1) is 23.1. The molecule has 0 aliphatic carbocycles. The highest BCUT2D eigenvalue weighted by Crippen LogP contribution is 2.38. The summed E-state index contributed by atoms with van der Waals surface area (Å²) in [7, 11) is -2.25. The van der Waals surface area contributed by atoms with Gasteiger partial charge in [-0.2, -0.15) is 5.10 Å². The molecule has 0 saturated carbocycles. The van der Waals surface area contributed by atoms with Crippen molar-refractivity contribution >= 4 is 27.3 Å². The van der Waals surface area contributed by atoms with Gasteiger partial charge in [0.2, 0.25) is 0 Å². The SMILES string of the molecule is Cc1c(-c2[nH]c3ccc(CC4CN(CCC[SH](=O)=O)C4)cc3c2C(C)C)cn2ncnc2c1C. The molecule has 1 saturated heterocycles. The number of benzene rings is 1. The lowest BCUT2D eigenvalue weighted by molar-refractivity contribution is 0.101. The van der Waals surface area contributed by atoms with Crippen LogP contribution in [0.4, 0.5) is 0 Å². The van der Waals surface area contributed by atoms with Crippen molar-refractivity contribution in [3.63, 3.8) is 0 Å². The van der Waals surface area contributed by atoms with Crippen LogP contribution in [-0.2, 0) is 17.1 Å². The molecule has 0 atom stereocenters. The van der Waals surface area contributed by atoms with E-state index in [1.165, 1.54) is 38.9 Å². The smallest absolute Gasteiger partial charge is 0.158 e. The third kappa shape index (κ3) is 4.25. The average Bonchev–Trinajstić information content (AvgIpc) is 3.38. The summed E-state index contributed by atoms with van der Waals surface area (Å²) in [6.07, 6.45) is 5.50. The van der Waals surface area contributed by atoms with Crippen molar-refractivity contribution in [1.82, 2.24) is 24.5 Å². The molecule has 1 N–H and O–H groups in total. The summed E-state index contributed by atoms with van der Waals surface area (Å²) in [6, 6.07) is 6.83. The van der Waals surface area contributed by atoms with Crippen molar-refractivity contribution in [1.29, 1.82) is 0 Å². The standard InChI is InChI=1S/C26H33N5O2S/c1-16(2)24-21-11-19(10-20-12-30(13-20)8-5-9-34(32)33)6-7-23(21)29-25(24)22-14-31-26(27-15-28-31)18(4)17(22)3/h6-7,11,14-16,20,29,34H,5,8-10,12-13H2,1-4H3. The molecule has 0 unspecified atom stereocenters. The van der Waals surface area contributed by atoms with Gasteiger partial charge in [-0.05, 0) is 79.5 Å². The van der Waals surface area contributed by atoms with E-state index in [2.05, 4.69) is 72.1 Å². The Bertz CT molecular complexity index is 1420. The normalized spacial score (nSPS) is 15.2. The predicted octanol–water partition coefficient (Wildman–Crippen LogP) is 4.09. The maximum Gasteiger partial charge on any atom is 0.158 e. The maximum atomic E-state index is 10.8. The molecule has 7 nitrogen and oxygen atoms in total. The van der Waals surface area contributed by atoms with Gasteiger partial charge in [0.15, 0.2) is 5.65 Å². The van der Waals surface area contributed by atoms with Crippen LogP contribution >= 0.6 is 0 Å². The van der Waals surface area contributed by atoms with E-state index in [0.717, 1.165) is 43.7 Å². The number of thiol groups is 1. The van der Waals surface area contributed by atoms with E-state index in [-0.39, 0.29) is 0 Å². The van der Waals surface area contributed by atoms with Gasteiger partial charge in [0.25, 0.3) is 0 Å². The number of aromatic amines is 1. The third-order valence-electron chi connectivity index (χ3n) is 7.25. The van der Waals surface area contributed by atoms with Gasteiger partial charge in [-0.1, -0.05) is 19.9 Å². The van der Waals surface area contributed by atoms with Crippen molar-refractivity contribution in [2.24, 2.45) is 5.92 Å². The number of likely N-dealkylation sites (tertiary alicyclic amines) is 1. The molecule has 5 rings (SSSR count). The first-order chi connectivity index (χ1) is 16.3. The molecule has 0 amide bonds. The fraction of sp³-hybridized carbons (Fsp3) is 0.462. The van der Waals surface area contributed by atoms with Gasteiger partial charge < -0.3 is 9.88 Å². The maximum absolute atomic E-state index is 10.8. The Labute approximate surface area is 202 Å². The minimum Gasteiger partial charge on any atom is -0.354 e. The minimum absolute atomic E-state index is 0.295. The van der Waals surface area contributed by atoms with Gasteiger partial charge in [-0.25, -0.2) is 17.9 Å². The summed E-state index contributed by atoms with van der Waals surface area (Å²) < 4.78 is 23.4.